The van der Waals surface area contributed by atoms with Crippen molar-refractivity contribution < 1.29 is 14.9 Å². The number of thiophene rings is 1. The summed E-state index contributed by atoms with van der Waals surface area (Å²) in [5.74, 6) is 0.349. The van der Waals surface area contributed by atoms with Crippen LogP contribution in [0.15, 0.2) is 11.7 Å². The van der Waals surface area contributed by atoms with Crippen molar-refractivity contribution in [2.45, 2.75) is 30.8 Å². The summed E-state index contributed by atoms with van der Waals surface area (Å²) in [4.78, 5) is 8.04. The summed E-state index contributed by atoms with van der Waals surface area (Å²) in [6.45, 7) is 1.44. The quantitative estimate of drug-likeness (QED) is 0.692. The average Bonchev–Trinajstić information content (AvgIpc) is 2.96. The number of aliphatic hydroxyl groups excluding tert-OH is 2. The van der Waals surface area contributed by atoms with Gasteiger partial charge in [0.25, 0.3) is 0 Å². The van der Waals surface area contributed by atoms with Crippen molar-refractivity contribution >= 4 is 27.4 Å². The second kappa shape index (κ2) is 4.36. The number of aromatic nitrogens is 2. The van der Waals surface area contributed by atoms with E-state index in [2.05, 4.69) is 9.97 Å². The van der Waals surface area contributed by atoms with Gasteiger partial charge < -0.3 is 20.7 Å². The number of nitriles is 1. The van der Waals surface area contributed by atoms with Crippen molar-refractivity contribution in [3.63, 3.8) is 0 Å². The van der Waals surface area contributed by atoms with Crippen molar-refractivity contribution in [1.82, 2.24) is 9.97 Å². The van der Waals surface area contributed by atoms with Crippen LogP contribution >= 0.6 is 11.3 Å². The number of hydrogen-bond acceptors (Lipinski definition) is 8. The van der Waals surface area contributed by atoms with E-state index in [0.717, 1.165) is 0 Å². The van der Waals surface area contributed by atoms with Gasteiger partial charge in [-0.15, -0.1) is 11.3 Å². The van der Waals surface area contributed by atoms with Crippen LogP contribution in [0.5, 0.6) is 0 Å². The van der Waals surface area contributed by atoms with Gasteiger partial charge in [-0.2, -0.15) is 5.26 Å². The Morgan fingerprint density at radius 1 is 1.50 bits per heavy atom. The highest BCUT2D eigenvalue weighted by Gasteiger charge is 2.52. The van der Waals surface area contributed by atoms with E-state index in [0.29, 0.717) is 21.6 Å². The zero-order chi connectivity index (χ0) is 14.5. The van der Waals surface area contributed by atoms with Crippen LogP contribution in [0.2, 0.25) is 0 Å². The molecule has 0 radical (unpaired) electrons. The highest BCUT2D eigenvalue weighted by Crippen LogP contribution is 2.43. The Morgan fingerprint density at radius 2 is 2.25 bits per heavy atom. The van der Waals surface area contributed by atoms with Crippen LogP contribution in [0.3, 0.4) is 0 Å². The number of fused-ring (bicyclic) bond motifs is 1. The van der Waals surface area contributed by atoms with Crippen LogP contribution in [0.4, 0.5) is 5.82 Å². The van der Waals surface area contributed by atoms with Crippen LogP contribution in [0, 0.1) is 11.3 Å². The number of anilines is 1. The summed E-state index contributed by atoms with van der Waals surface area (Å²) >= 11 is 1.33. The van der Waals surface area contributed by atoms with Gasteiger partial charge in [-0.3, -0.25) is 0 Å². The third kappa shape index (κ3) is 1.68. The van der Waals surface area contributed by atoms with Crippen LogP contribution in [-0.4, -0.2) is 38.0 Å². The molecule has 4 N–H and O–H groups in total. The summed E-state index contributed by atoms with van der Waals surface area (Å²) in [5.41, 5.74) is 5.49. The van der Waals surface area contributed by atoms with Crippen molar-refractivity contribution in [3.05, 3.63) is 17.3 Å². The molecule has 1 fully saturated rings. The Morgan fingerprint density at radius 3 is 2.90 bits per heavy atom. The van der Waals surface area contributed by atoms with Gasteiger partial charge in [0.1, 0.15) is 36.5 Å². The van der Waals surface area contributed by atoms with E-state index in [1.54, 1.807) is 5.38 Å². The van der Waals surface area contributed by atoms with Gasteiger partial charge in [0.15, 0.2) is 5.60 Å². The fraction of sp³-hybridized carbons (Fsp3) is 0.417. The van der Waals surface area contributed by atoms with E-state index in [9.17, 15) is 10.2 Å². The minimum Gasteiger partial charge on any atom is -0.387 e. The molecule has 8 heteroatoms. The van der Waals surface area contributed by atoms with Crippen LogP contribution in [0.25, 0.3) is 10.2 Å². The smallest absolute Gasteiger partial charge is 0.180 e. The molecule has 0 amide bonds. The molecule has 2 aromatic heterocycles. The molecule has 0 aromatic carbocycles. The van der Waals surface area contributed by atoms with Gasteiger partial charge in [0.2, 0.25) is 0 Å². The molecular formula is C12H12N4O3S. The highest BCUT2D eigenvalue weighted by atomic mass is 32.1. The molecule has 3 heterocycles. The largest absolute Gasteiger partial charge is 0.387 e. The molecular weight excluding hydrogens is 280 g/mol. The molecule has 0 aliphatic carbocycles. The second-order valence-corrected chi connectivity index (χ2v) is 5.70. The van der Waals surface area contributed by atoms with Crippen molar-refractivity contribution in [2.75, 3.05) is 5.73 Å². The standard InChI is InChI=1S/C12H12N4O3S/c1-12(3-13)10(18)7(17)8(19-12)5-2-20-9-6(5)15-4-16-11(9)14/h2,4,7-8,10,17-18H,1H3,(H2,14,15,16)/t7-,8-,10-,12+/m0/s1. The van der Waals surface area contributed by atoms with Crippen LogP contribution < -0.4 is 5.73 Å². The van der Waals surface area contributed by atoms with Gasteiger partial charge in [-0.05, 0) is 12.3 Å². The molecule has 1 saturated heterocycles. The predicted octanol–water partition coefficient (Wildman–Crippen LogP) is 0.349. The minimum absolute atomic E-state index is 0.349. The monoisotopic (exact) mass is 292 g/mol. The number of nitrogen functional groups attached to an aromatic ring is 1. The fourth-order valence-electron chi connectivity index (χ4n) is 2.32. The molecule has 0 unspecified atom stereocenters. The summed E-state index contributed by atoms with van der Waals surface area (Å²) in [6, 6.07) is 1.89. The molecule has 3 rings (SSSR count). The van der Waals surface area contributed by atoms with Crippen LogP contribution in [-0.2, 0) is 4.74 Å². The molecule has 1 aliphatic rings. The molecule has 0 spiro atoms. The normalized spacial score (nSPS) is 33.4. The Kier molecular flexibility index (Phi) is 2.88. The molecule has 7 nitrogen and oxygen atoms in total. The number of aliphatic hydroxyl groups is 2. The van der Waals surface area contributed by atoms with Gasteiger partial charge >= 0.3 is 0 Å². The molecule has 4 atom stereocenters. The average molecular weight is 292 g/mol. The lowest BCUT2D eigenvalue weighted by atomic mass is 9.96. The summed E-state index contributed by atoms with van der Waals surface area (Å²) in [5, 5.41) is 30.9. The molecule has 1 aliphatic heterocycles. The van der Waals surface area contributed by atoms with Crippen molar-refractivity contribution in [2.24, 2.45) is 0 Å². The highest BCUT2D eigenvalue weighted by molar-refractivity contribution is 7.17. The molecule has 0 saturated carbocycles. The zero-order valence-corrected chi connectivity index (χ0v) is 11.3. The Labute approximate surface area is 118 Å². The van der Waals surface area contributed by atoms with E-state index in [1.807, 2.05) is 6.07 Å². The lowest BCUT2D eigenvalue weighted by Gasteiger charge is -2.18. The van der Waals surface area contributed by atoms with Gasteiger partial charge in [0.05, 0.1) is 10.2 Å². The number of hydrogen-bond donors (Lipinski definition) is 3. The first kappa shape index (κ1) is 13.2. The SMILES string of the molecule is C[C@]1(C#N)O[C@@H](c2csc3c(N)ncnc23)[C@H](O)[C@@H]1O. The van der Waals surface area contributed by atoms with E-state index in [1.165, 1.54) is 24.6 Å². The van der Waals surface area contributed by atoms with E-state index in [-0.39, 0.29) is 0 Å². The molecule has 104 valence electrons. The summed E-state index contributed by atoms with van der Waals surface area (Å²) < 4.78 is 6.25. The first-order valence-electron chi connectivity index (χ1n) is 5.90. The zero-order valence-electron chi connectivity index (χ0n) is 10.5. The Bertz CT molecular complexity index is 712. The Hall–Kier alpha value is -1.79. The maximum atomic E-state index is 10.1. The van der Waals surface area contributed by atoms with E-state index < -0.39 is 23.9 Å². The minimum atomic E-state index is -1.45. The Balaban J connectivity index is 2.09. The third-order valence-corrected chi connectivity index (χ3v) is 4.52. The summed E-state index contributed by atoms with van der Waals surface area (Å²) in [6.07, 6.45) is -1.98. The molecule has 20 heavy (non-hydrogen) atoms. The first-order valence-corrected chi connectivity index (χ1v) is 6.78. The topological polar surface area (TPSA) is 125 Å². The first-order chi connectivity index (χ1) is 9.48. The van der Waals surface area contributed by atoms with Crippen molar-refractivity contribution in [3.8, 4) is 6.07 Å². The maximum Gasteiger partial charge on any atom is 0.180 e. The fourth-order valence-corrected chi connectivity index (χ4v) is 3.27. The van der Waals surface area contributed by atoms with Crippen LogP contribution in [0.1, 0.15) is 18.6 Å². The molecule has 2 aromatic rings. The molecule has 0 bridgehead atoms. The van der Waals surface area contributed by atoms with Gasteiger partial charge in [-0.1, -0.05) is 0 Å². The van der Waals surface area contributed by atoms with E-state index in [4.69, 9.17) is 15.7 Å². The lowest BCUT2D eigenvalue weighted by molar-refractivity contribution is -0.0298. The summed E-state index contributed by atoms with van der Waals surface area (Å²) in [7, 11) is 0. The number of nitrogens with zero attached hydrogens (tertiary/aromatic N) is 3. The number of nitrogens with two attached hydrogens (primary N) is 1. The number of rotatable bonds is 1. The third-order valence-electron chi connectivity index (χ3n) is 3.51. The van der Waals surface area contributed by atoms with Gasteiger partial charge in [-0.25, -0.2) is 9.97 Å². The van der Waals surface area contributed by atoms with Gasteiger partial charge in [0, 0.05) is 5.56 Å². The maximum absolute atomic E-state index is 10.1. The van der Waals surface area contributed by atoms with Crippen molar-refractivity contribution in [1.29, 1.82) is 5.26 Å². The lowest BCUT2D eigenvalue weighted by Crippen LogP contribution is -2.38. The number of ether oxygens (including phenoxy) is 1. The predicted molar refractivity (Wildman–Crippen MR) is 71.7 cm³/mol. The second-order valence-electron chi connectivity index (χ2n) is 4.82. The van der Waals surface area contributed by atoms with E-state index >= 15 is 0 Å².